The molecule has 0 unspecified atom stereocenters. The number of aryl methyl sites for hydroxylation is 2. The zero-order valence-electron chi connectivity index (χ0n) is 13.0. The number of rotatable bonds is 5. The van der Waals surface area contributed by atoms with Gasteiger partial charge in [0.05, 0.1) is 0 Å². The van der Waals surface area contributed by atoms with Gasteiger partial charge in [-0.15, -0.1) is 0 Å². The smallest absolute Gasteiger partial charge is 0.133 e. The molecule has 0 saturated carbocycles. The van der Waals surface area contributed by atoms with Crippen LogP contribution < -0.4 is 10.2 Å². The maximum Gasteiger partial charge on any atom is 0.133 e. The third-order valence-corrected chi connectivity index (χ3v) is 4.75. The van der Waals surface area contributed by atoms with Gasteiger partial charge in [0.1, 0.15) is 5.82 Å². The Bertz CT molecular complexity index is 426. The fraction of sp³-hybridized carbons (Fsp3) is 0.688. The first kappa shape index (κ1) is 15.6. The van der Waals surface area contributed by atoms with Crippen LogP contribution in [-0.2, 0) is 6.54 Å². The van der Waals surface area contributed by atoms with Crippen LogP contribution in [0.3, 0.4) is 0 Å². The van der Waals surface area contributed by atoms with E-state index in [-0.39, 0.29) is 0 Å². The molecule has 0 atom stereocenters. The Morgan fingerprint density at radius 1 is 1.30 bits per heavy atom. The number of anilines is 1. The van der Waals surface area contributed by atoms with Crippen molar-refractivity contribution in [2.24, 2.45) is 0 Å². The van der Waals surface area contributed by atoms with Crippen molar-refractivity contribution < 1.29 is 0 Å². The van der Waals surface area contributed by atoms with Crippen molar-refractivity contribution in [2.45, 2.75) is 40.2 Å². The van der Waals surface area contributed by atoms with Crippen LogP contribution in [0.5, 0.6) is 0 Å². The number of hydrogen-bond donors (Lipinski definition) is 1. The van der Waals surface area contributed by atoms with E-state index in [1.54, 1.807) is 0 Å². The monoisotopic (exact) mass is 293 g/mol. The Balaban J connectivity index is 2.23. The molecule has 0 aromatic carbocycles. The maximum atomic E-state index is 4.85. The molecule has 1 aliphatic heterocycles. The molecule has 20 heavy (non-hydrogen) atoms. The molecular weight excluding hydrogens is 266 g/mol. The molecule has 3 nitrogen and oxygen atoms in total. The highest BCUT2D eigenvalue weighted by atomic mass is 32.2. The van der Waals surface area contributed by atoms with Crippen molar-refractivity contribution in [3.05, 3.63) is 22.9 Å². The minimum atomic E-state index is 0.936. The Labute approximate surface area is 127 Å². The molecule has 1 aliphatic rings. The average molecular weight is 293 g/mol. The fourth-order valence-electron chi connectivity index (χ4n) is 2.67. The minimum absolute atomic E-state index is 0.936. The Morgan fingerprint density at radius 3 is 2.95 bits per heavy atom. The molecule has 1 aromatic rings. The summed E-state index contributed by atoms with van der Waals surface area (Å²) in [5, 5.41) is 3.53. The SMILES string of the molecule is CCCNCc1c(C)cc(C)nc1N1CCCSCC1. The predicted molar refractivity (Wildman–Crippen MR) is 89.9 cm³/mol. The number of pyridine rings is 1. The van der Waals surface area contributed by atoms with E-state index in [1.165, 1.54) is 41.3 Å². The van der Waals surface area contributed by atoms with Gasteiger partial charge < -0.3 is 10.2 Å². The lowest BCUT2D eigenvalue weighted by Crippen LogP contribution is -2.29. The molecule has 1 fully saturated rings. The third-order valence-electron chi connectivity index (χ3n) is 3.70. The molecule has 0 radical (unpaired) electrons. The largest absolute Gasteiger partial charge is 0.355 e. The molecule has 1 saturated heterocycles. The molecule has 4 heteroatoms. The minimum Gasteiger partial charge on any atom is -0.355 e. The average Bonchev–Trinajstić information content (AvgIpc) is 2.69. The fourth-order valence-corrected chi connectivity index (χ4v) is 3.56. The molecule has 0 bridgehead atoms. The number of thioether (sulfide) groups is 1. The number of nitrogens with zero attached hydrogens (tertiary/aromatic N) is 2. The standard InChI is InChI=1S/C16H27N3S/c1-4-6-17-12-15-13(2)11-14(3)18-16(15)19-7-5-9-20-10-8-19/h11,17H,4-10,12H2,1-3H3. The first-order valence-electron chi connectivity index (χ1n) is 7.73. The molecule has 1 N–H and O–H groups in total. The molecule has 2 rings (SSSR count). The summed E-state index contributed by atoms with van der Waals surface area (Å²) in [5.41, 5.74) is 3.89. The Morgan fingerprint density at radius 2 is 2.15 bits per heavy atom. The van der Waals surface area contributed by atoms with Crippen molar-refractivity contribution in [3.63, 3.8) is 0 Å². The summed E-state index contributed by atoms with van der Waals surface area (Å²) in [4.78, 5) is 7.34. The summed E-state index contributed by atoms with van der Waals surface area (Å²) in [6.07, 6.45) is 2.44. The van der Waals surface area contributed by atoms with Crippen LogP contribution in [0.2, 0.25) is 0 Å². The van der Waals surface area contributed by atoms with E-state index < -0.39 is 0 Å². The van der Waals surface area contributed by atoms with Crippen LogP contribution in [0.4, 0.5) is 5.82 Å². The van der Waals surface area contributed by atoms with E-state index in [9.17, 15) is 0 Å². The molecule has 112 valence electrons. The van der Waals surface area contributed by atoms with Crippen molar-refractivity contribution >= 4 is 17.6 Å². The quantitative estimate of drug-likeness (QED) is 0.844. The highest BCUT2D eigenvalue weighted by Crippen LogP contribution is 2.25. The first-order valence-corrected chi connectivity index (χ1v) is 8.88. The van der Waals surface area contributed by atoms with Crippen LogP contribution >= 0.6 is 11.8 Å². The van der Waals surface area contributed by atoms with Gasteiger partial charge in [0, 0.05) is 36.6 Å². The van der Waals surface area contributed by atoms with Crippen molar-refractivity contribution in [1.29, 1.82) is 0 Å². The van der Waals surface area contributed by atoms with Crippen molar-refractivity contribution in [1.82, 2.24) is 10.3 Å². The topological polar surface area (TPSA) is 28.2 Å². The second kappa shape index (κ2) is 7.89. The second-order valence-electron chi connectivity index (χ2n) is 5.51. The lowest BCUT2D eigenvalue weighted by Gasteiger charge is -2.25. The van der Waals surface area contributed by atoms with Crippen molar-refractivity contribution in [2.75, 3.05) is 36.0 Å². The van der Waals surface area contributed by atoms with Gasteiger partial charge in [-0.25, -0.2) is 4.98 Å². The molecule has 0 spiro atoms. The number of aromatic nitrogens is 1. The lowest BCUT2D eigenvalue weighted by molar-refractivity contribution is 0.666. The van der Waals surface area contributed by atoms with Crippen LogP contribution in [0.25, 0.3) is 0 Å². The summed E-state index contributed by atoms with van der Waals surface area (Å²) in [6.45, 7) is 10.8. The summed E-state index contributed by atoms with van der Waals surface area (Å²) >= 11 is 2.06. The van der Waals surface area contributed by atoms with E-state index >= 15 is 0 Å². The van der Waals surface area contributed by atoms with Gasteiger partial charge in [-0.05, 0) is 50.6 Å². The van der Waals surface area contributed by atoms with E-state index in [2.05, 4.69) is 48.8 Å². The van der Waals surface area contributed by atoms with Gasteiger partial charge in [-0.3, -0.25) is 0 Å². The lowest BCUT2D eigenvalue weighted by atomic mass is 10.1. The summed E-state index contributed by atoms with van der Waals surface area (Å²) in [7, 11) is 0. The molecular formula is C16H27N3S. The highest BCUT2D eigenvalue weighted by Gasteiger charge is 2.17. The van der Waals surface area contributed by atoms with Crippen molar-refractivity contribution in [3.8, 4) is 0 Å². The molecule has 2 heterocycles. The predicted octanol–water partition coefficient (Wildman–Crippen LogP) is 3.14. The molecule has 1 aromatic heterocycles. The van der Waals surface area contributed by atoms with Gasteiger partial charge >= 0.3 is 0 Å². The maximum absolute atomic E-state index is 4.85. The zero-order valence-corrected chi connectivity index (χ0v) is 13.9. The van der Waals surface area contributed by atoms with E-state index in [1.807, 2.05) is 0 Å². The summed E-state index contributed by atoms with van der Waals surface area (Å²) < 4.78 is 0. The third kappa shape index (κ3) is 4.13. The van der Waals surface area contributed by atoms with Gasteiger partial charge in [0.25, 0.3) is 0 Å². The Kier molecular flexibility index (Phi) is 6.17. The summed E-state index contributed by atoms with van der Waals surface area (Å²) in [6, 6.07) is 2.21. The number of nitrogens with one attached hydrogen (secondary N) is 1. The molecule has 0 amide bonds. The zero-order chi connectivity index (χ0) is 14.4. The van der Waals surface area contributed by atoms with Crippen LogP contribution in [-0.4, -0.2) is 36.1 Å². The van der Waals surface area contributed by atoms with E-state index in [0.717, 1.165) is 31.9 Å². The van der Waals surface area contributed by atoms with Gasteiger partial charge in [-0.1, -0.05) is 6.92 Å². The highest BCUT2D eigenvalue weighted by molar-refractivity contribution is 7.99. The first-order chi connectivity index (χ1) is 9.72. The molecule has 0 aliphatic carbocycles. The van der Waals surface area contributed by atoms with Gasteiger partial charge in [-0.2, -0.15) is 11.8 Å². The van der Waals surface area contributed by atoms with Crippen LogP contribution in [0, 0.1) is 13.8 Å². The van der Waals surface area contributed by atoms with Gasteiger partial charge in [0.15, 0.2) is 0 Å². The van der Waals surface area contributed by atoms with E-state index in [0.29, 0.717) is 0 Å². The van der Waals surface area contributed by atoms with Crippen LogP contribution in [0.15, 0.2) is 6.07 Å². The second-order valence-corrected chi connectivity index (χ2v) is 6.74. The summed E-state index contributed by atoms with van der Waals surface area (Å²) in [5.74, 6) is 3.72. The van der Waals surface area contributed by atoms with Gasteiger partial charge in [0.2, 0.25) is 0 Å². The number of hydrogen-bond acceptors (Lipinski definition) is 4. The normalized spacial score (nSPS) is 16.2. The van der Waals surface area contributed by atoms with E-state index in [4.69, 9.17) is 4.98 Å². The van der Waals surface area contributed by atoms with Crippen LogP contribution in [0.1, 0.15) is 36.6 Å². The Hall–Kier alpha value is -0.740.